The molecular weight excluding hydrogens is 199 g/mol. The van der Waals surface area contributed by atoms with Gasteiger partial charge in [-0.1, -0.05) is 26.0 Å². The molecule has 16 heavy (non-hydrogen) atoms. The van der Waals surface area contributed by atoms with Crippen molar-refractivity contribution in [3.05, 3.63) is 41.2 Å². The summed E-state index contributed by atoms with van der Waals surface area (Å²) in [4.78, 5) is 0. The van der Waals surface area contributed by atoms with Crippen molar-refractivity contribution in [2.45, 2.75) is 45.4 Å². The summed E-state index contributed by atoms with van der Waals surface area (Å²) in [5.74, 6) is 0.337. The maximum absolute atomic E-state index is 13.3. The molecule has 0 heterocycles. The van der Waals surface area contributed by atoms with Gasteiger partial charge in [0, 0.05) is 0 Å². The Kier molecular flexibility index (Phi) is 3.42. The van der Waals surface area contributed by atoms with E-state index in [9.17, 15) is 4.39 Å². The molecule has 0 fully saturated rings. The zero-order chi connectivity index (χ0) is 11.5. The van der Waals surface area contributed by atoms with Gasteiger partial charge in [-0.3, -0.25) is 0 Å². The van der Waals surface area contributed by atoms with E-state index >= 15 is 0 Å². The molecule has 1 heteroatoms. The van der Waals surface area contributed by atoms with Crippen LogP contribution in [0, 0.1) is 5.82 Å². The van der Waals surface area contributed by atoms with Gasteiger partial charge in [-0.2, -0.15) is 0 Å². The molecule has 86 valence electrons. The first-order chi connectivity index (χ1) is 7.68. The molecule has 2 rings (SSSR count). The van der Waals surface area contributed by atoms with Crippen LogP contribution in [0.25, 0.3) is 5.57 Å². The van der Waals surface area contributed by atoms with E-state index in [0.717, 1.165) is 18.4 Å². The minimum absolute atomic E-state index is 0.120. The number of halogens is 1. The van der Waals surface area contributed by atoms with Crippen molar-refractivity contribution in [1.82, 2.24) is 0 Å². The van der Waals surface area contributed by atoms with Crippen LogP contribution in [0.2, 0.25) is 0 Å². The second-order valence-electron chi connectivity index (χ2n) is 4.86. The lowest BCUT2D eigenvalue weighted by Crippen LogP contribution is -1.99. The summed E-state index contributed by atoms with van der Waals surface area (Å²) in [6.45, 7) is 4.33. The molecule has 0 bridgehead atoms. The molecule has 0 aliphatic heterocycles. The monoisotopic (exact) mass is 218 g/mol. The molecule has 0 spiro atoms. The van der Waals surface area contributed by atoms with Gasteiger partial charge in [0.25, 0.3) is 0 Å². The molecule has 1 aliphatic rings. The molecule has 0 aromatic heterocycles. The van der Waals surface area contributed by atoms with E-state index in [1.54, 1.807) is 12.1 Å². The third-order valence-corrected chi connectivity index (χ3v) is 3.27. The fraction of sp³-hybridized carbons (Fsp3) is 0.467. The van der Waals surface area contributed by atoms with Crippen LogP contribution in [0.1, 0.15) is 56.6 Å². The maximum Gasteiger partial charge on any atom is 0.123 e. The minimum Gasteiger partial charge on any atom is -0.207 e. The Balaban J connectivity index is 2.44. The minimum atomic E-state index is -0.120. The highest BCUT2D eigenvalue weighted by molar-refractivity contribution is 5.69. The summed E-state index contributed by atoms with van der Waals surface area (Å²) in [6.07, 6.45) is 7.03. The molecule has 1 aromatic rings. The fourth-order valence-electron chi connectivity index (χ4n) is 2.39. The molecular formula is C15H19F. The summed E-state index contributed by atoms with van der Waals surface area (Å²) in [5, 5.41) is 0. The van der Waals surface area contributed by atoms with Crippen molar-refractivity contribution in [1.29, 1.82) is 0 Å². The highest BCUT2D eigenvalue weighted by Gasteiger charge is 2.13. The molecule has 0 amide bonds. The Bertz CT molecular complexity index is 402. The summed E-state index contributed by atoms with van der Waals surface area (Å²) < 4.78 is 13.3. The van der Waals surface area contributed by atoms with Gasteiger partial charge < -0.3 is 0 Å². The first kappa shape index (κ1) is 11.4. The molecule has 1 aliphatic carbocycles. The average Bonchev–Trinajstić information content (AvgIpc) is 2.29. The number of hydrogen-bond acceptors (Lipinski definition) is 0. The van der Waals surface area contributed by atoms with Gasteiger partial charge in [0.1, 0.15) is 5.82 Å². The molecule has 0 atom stereocenters. The third-order valence-electron chi connectivity index (χ3n) is 3.27. The van der Waals surface area contributed by atoms with Crippen LogP contribution in [0.3, 0.4) is 0 Å². The molecule has 0 nitrogen and oxygen atoms in total. The molecule has 1 aromatic carbocycles. The fourth-order valence-corrected chi connectivity index (χ4v) is 2.39. The number of rotatable bonds is 2. The van der Waals surface area contributed by atoms with E-state index in [-0.39, 0.29) is 5.82 Å². The van der Waals surface area contributed by atoms with Crippen LogP contribution >= 0.6 is 0 Å². The molecule has 0 radical (unpaired) electrons. The van der Waals surface area contributed by atoms with Crippen LogP contribution in [0.15, 0.2) is 24.3 Å². The van der Waals surface area contributed by atoms with Crippen molar-refractivity contribution in [2.24, 2.45) is 0 Å². The van der Waals surface area contributed by atoms with Crippen LogP contribution in [0.5, 0.6) is 0 Å². The Morgan fingerprint density at radius 1 is 1.19 bits per heavy atom. The highest BCUT2D eigenvalue weighted by atomic mass is 19.1. The lowest BCUT2D eigenvalue weighted by Gasteiger charge is -2.18. The molecule has 0 N–H and O–H groups in total. The van der Waals surface area contributed by atoms with Gasteiger partial charge in [0.2, 0.25) is 0 Å². The lowest BCUT2D eigenvalue weighted by molar-refractivity contribution is 0.625. The summed E-state index contributed by atoms with van der Waals surface area (Å²) in [7, 11) is 0. The average molecular weight is 218 g/mol. The topological polar surface area (TPSA) is 0 Å². The van der Waals surface area contributed by atoms with E-state index in [1.165, 1.54) is 24.0 Å². The summed E-state index contributed by atoms with van der Waals surface area (Å²) in [5.41, 5.74) is 3.75. The third kappa shape index (κ3) is 2.34. The van der Waals surface area contributed by atoms with Crippen LogP contribution in [-0.4, -0.2) is 0 Å². The largest absolute Gasteiger partial charge is 0.207 e. The van der Waals surface area contributed by atoms with Gasteiger partial charge in [-0.15, -0.1) is 0 Å². The molecule has 0 unspecified atom stereocenters. The van der Waals surface area contributed by atoms with Gasteiger partial charge in [0.15, 0.2) is 0 Å². The van der Waals surface area contributed by atoms with E-state index < -0.39 is 0 Å². The summed E-state index contributed by atoms with van der Waals surface area (Å²) in [6, 6.07) is 5.21. The molecule has 0 saturated heterocycles. The second kappa shape index (κ2) is 4.82. The Hall–Kier alpha value is -1.11. The summed E-state index contributed by atoms with van der Waals surface area (Å²) >= 11 is 0. The Morgan fingerprint density at radius 2 is 2.00 bits per heavy atom. The zero-order valence-electron chi connectivity index (χ0n) is 10.1. The van der Waals surface area contributed by atoms with E-state index in [2.05, 4.69) is 19.9 Å². The van der Waals surface area contributed by atoms with Crippen molar-refractivity contribution < 1.29 is 4.39 Å². The van der Waals surface area contributed by atoms with Crippen LogP contribution < -0.4 is 0 Å². The van der Waals surface area contributed by atoms with Crippen molar-refractivity contribution in [3.8, 4) is 0 Å². The highest BCUT2D eigenvalue weighted by Crippen LogP contribution is 2.32. The predicted molar refractivity (Wildman–Crippen MR) is 66.9 cm³/mol. The first-order valence-corrected chi connectivity index (χ1v) is 6.17. The van der Waals surface area contributed by atoms with Gasteiger partial charge in [-0.25, -0.2) is 4.39 Å². The predicted octanol–water partition coefficient (Wildman–Crippen LogP) is 4.91. The smallest absolute Gasteiger partial charge is 0.123 e. The normalized spacial score (nSPS) is 16.4. The van der Waals surface area contributed by atoms with Crippen LogP contribution in [-0.2, 0) is 0 Å². The van der Waals surface area contributed by atoms with Gasteiger partial charge in [0.05, 0.1) is 0 Å². The Morgan fingerprint density at radius 3 is 2.62 bits per heavy atom. The lowest BCUT2D eigenvalue weighted by atomic mass is 9.87. The van der Waals surface area contributed by atoms with Crippen LogP contribution in [0.4, 0.5) is 4.39 Å². The van der Waals surface area contributed by atoms with Gasteiger partial charge >= 0.3 is 0 Å². The van der Waals surface area contributed by atoms with Crippen molar-refractivity contribution in [2.75, 3.05) is 0 Å². The van der Waals surface area contributed by atoms with Gasteiger partial charge in [-0.05, 0) is 60.4 Å². The molecule has 0 saturated carbocycles. The Labute approximate surface area is 97.2 Å². The standard InChI is InChI=1S/C15H19F/c1-11(2)14-9-8-13(16)10-15(14)12-6-4-3-5-7-12/h6,8-11H,3-5,7H2,1-2H3. The zero-order valence-corrected chi connectivity index (χ0v) is 10.1. The first-order valence-electron chi connectivity index (χ1n) is 6.17. The van der Waals surface area contributed by atoms with E-state index in [0.29, 0.717) is 5.92 Å². The van der Waals surface area contributed by atoms with Crippen molar-refractivity contribution >= 4 is 5.57 Å². The number of hydrogen-bond donors (Lipinski definition) is 0. The maximum atomic E-state index is 13.3. The van der Waals surface area contributed by atoms with E-state index in [4.69, 9.17) is 0 Å². The van der Waals surface area contributed by atoms with E-state index in [1.807, 2.05) is 6.07 Å². The SMILES string of the molecule is CC(C)c1ccc(F)cc1C1=CCCCC1. The second-order valence-corrected chi connectivity index (χ2v) is 4.86. The number of benzene rings is 1. The van der Waals surface area contributed by atoms with Crippen molar-refractivity contribution in [3.63, 3.8) is 0 Å². The quantitative estimate of drug-likeness (QED) is 0.662. The number of allylic oxidation sites excluding steroid dienone is 2.